The van der Waals surface area contributed by atoms with Crippen molar-refractivity contribution in [3.8, 4) is 0 Å². The first kappa shape index (κ1) is 17.1. The van der Waals surface area contributed by atoms with Crippen LogP contribution in [0.15, 0.2) is 34.1 Å². The first-order chi connectivity index (χ1) is 10.5. The van der Waals surface area contributed by atoms with Crippen molar-refractivity contribution in [2.45, 2.75) is 24.8 Å². The fourth-order valence-corrected chi connectivity index (χ4v) is 4.12. The third-order valence-corrected chi connectivity index (χ3v) is 5.72. The van der Waals surface area contributed by atoms with Gasteiger partial charge in [0.05, 0.1) is 6.20 Å². The summed E-state index contributed by atoms with van der Waals surface area (Å²) >= 11 is 1.62. The number of likely N-dealkylation sites (N-methyl/N-ethyl adjacent to an activating group) is 1. The van der Waals surface area contributed by atoms with Crippen molar-refractivity contribution in [1.29, 1.82) is 0 Å². The van der Waals surface area contributed by atoms with Crippen LogP contribution in [0.5, 0.6) is 0 Å². The molecule has 2 rings (SSSR count). The predicted molar refractivity (Wildman–Crippen MR) is 88.4 cm³/mol. The zero-order valence-corrected chi connectivity index (χ0v) is 14.7. The zero-order chi connectivity index (χ0) is 16.2. The Morgan fingerprint density at radius 2 is 2.14 bits per heavy atom. The Morgan fingerprint density at radius 1 is 1.41 bits per heavy atom. The molecule has 2 aromatic rings. The Kier molecular flexibility index (Phi) is 5.74. The van der Waals surface area contributed by atoms with Crippen LogP contribution in [0.25, 0.3) is 0 Å². The molecule has 0 fully saturated rings. The molecule has 6 nitrogen and oxygen atoms in total. The van der Waals surface area contributed by atoms with E-state index in [9.17, 15) is 8.42 Å². The van der Waals surface area contributed by atoms with Crippen molar-refractivity contribution in [3.63, 3.8) is 0 Å². The second-order valence-corrected chi connectivity index (χ2v) is 7.54. The van der Waals surface area contributed by atoms with Crippen LogP contribution in [0.4, 0.5) is 0 Å². The Labute approximate surface area is 135 Å². The zero-order valence-electron chi connectivity index (χ0n) is 13.1. The molecule has 0 radical (unpaired) electrons. The standard InChI is InChI=1S/C14H22N4O2S2/c1-4-18(5-2)14(12-6-7-21-11-12)9-16-22(19,20)13-8-15-17(3)10-13/h6-8,10-11,14,16H,4-5,9H2,1-3H3/t14-/m1/s1. The van der Waals surface area contributed by atoms with E-state index in [2.05, 4.69) is 33.9 Å². The molecule has 0 spiro atoms. The summed E-state index contributed by atoms with van der Waals surface area (Å²) in [4.78, 5) is 2.44. The molecule has 0 aliphatic carbocycles. The highest BCUT2D eigenvalue weighted by atomic mass is 32.2. The smallest absolute Gasteiger partial charge is 0.243 e. The molecule has 0 aromatic carbocycles. The molecule has 0 amide bonds. The van der Waals surface area contributed by atoms with Crippen LogP contribution in [0.1, 0.15) is 25.5 Å². The summed E-state index contributed by atoms with van der Waals surface area (Å²) < 4.78 is 28.9. The van der Waals surface area contributed by atoms with Gasteiger partial charge in [0, 0.05) is 25.8 Å². The third kappa shape index (κ3) is 3.95. The van der Waals surface area contributed by atoms with E-state index in [1.54, 1.807) is 18.4 Å². The lowest BCUT2D eigenvalue weighted by Gasteiger charge is -2.29. The van der Waals surface area contributed by atoms with Gasteiger partial charge in [0.1, 0.15) is 4.90 Å². The van der Waals surface area contributed by atoms with E-state index in [4.69, 9.17) is 0 Å². The molecule has 0 aliphatic rings. The van der Waals surface area contributed by atoms with Crippen molar-refractivity contribution >= 4 is 21.4 Å². The third-order valence-electron chi connectivity index (χ3n) is 3.64. The maximum absolute atomic E-state index is 12.3. The van der Waals surface area contributed by atoms with E-state index in [1.807, 2.05) is 11.4 Å². The fourth-order valence-electron chi connectivity index (χ4n) is 2.40. The average Bonchev–Trinajstić information content (AvgIpc) is 3.15. The Morgan fingerprint density at radius 3 is 2.64 bits per heavy atom. The molecule has 0 bridgehead atoms. The summed E-state index contributed by atoms with van der Waals surface area (Å²) in [5.74, 6) is 0. The van der Waals surface area contributed by atoms with Crippen LogP contribution >= 0.6 is 11.3 Å². The summed E-state index contributed by atoms with van der Waals surface area (Å²) in [6.07, 6.45) is 2.86. The Bertz CT molecular complexity index is 676. The van der Waals surface area contributed by atoms with Gasteiger partial charge in [-0.25, -0.2) is 13.1 Å². The molecular weight excluding hydrogens is 320 g/mol. The second kappa shape index (κ2) is 7.36. The van der Waals surface area contributed by atoms with E-state index < -0.39 is 10.0 Å². The van der Waals surface area contributed by atoms with Gasteiger partial charge in [0.25, 0.3) is 0 Å². The number of thiophene rings is 1. The van der Waals surface area contributed by atoms with Crippen LogP contribution in [0, 0.1) is 0 Å². The summed E-state index contributed by atoms with van der Waals surface area (Å²) in [5, 5.41) is 8.00. The molecule has 22 heavy (non-hydrogen) atoms. The van der Waals surface area contributed by atoms with Gasteiger partial charge in [-0.3, -0.25) is 9.58 Å². The van der Waals surface area contributed by atoms with E-state index >= 15 is 0 Å². The Balaban J connectivity index is 2.14. The topological polar surface area (TPSA) is 67.2 Å². The van der Waals surface area contributed by atoms with Crippen molar-refractivity contribution in [2.24, 2.45) is 7.05 Å². The molecule has 0 aliphatic heterocycles. The first-order valence-electron chi connectivity index (χ1n) is 7.22. The van der Waals surface area contributed by atoms with Crippen molar-refractivity contribution in [2.75, 3.05) is 19.6 Å². The summed E-state index contributed by atoms with van der Waals surface area (Å²) in [5.41, 5.74) is 1.14. The van der Waals surface area contributed by atoms with Gasteiger partial charge < -0.3 is 0 Å². The monoisotopic (exact) mass is 342 g/mol. The van der Waals surface area contributed by atoms with Crippen LogP contribution < -0.4 is 4.72 Å². The van der Waals surface area contributed by atoms with E-state index in [-0.39, 0.29) is 10.9 Å². The summed E-state index contributed by atoms with van der Waals surface area (Å²) in [6.45, 7) is 6.24. The van der Waals surface area contributed by atoms with E-state index in [0.717, 1.165) is 18.7 Å². The first-order valence-corrected chi connectivity index (χ1v) is 9.65. The lowest BCUT2D eigenvalue weighted by atomic mass is 10.1. The molecule has 122 valence electrons. The molecule has 0 saturated carbocycles. The SMILES string of the molecule is CCN(CC)[C@H](CNS(=O)(=O)c1cnn(C)c1)c1ccsc1. The number of rotatable bonds is 8. The van der Waals surface area contributed by atoms with E-state index in [1.165, 1.54) is 17.1 Å². The van der Waals surface area contributed by atoms with Crippen LogP contribution in [0.3, 0.4) is 0 Å². The van der Waals surface area contributed by atoms with Gasteiger partial charge in [-0.2, -0.15) is 16.4 Å². The summed E-state index contributed by atoms with van der Waals surface area (Å²) in [7, 11) is -1.83. The Hall–Kier alpha value is -1.22. The summed E-state index contributed by atoms with van der Waals surface area (Å²) in [6, 6.07) is 2.08. The van der Waals surface area contributed by atoms with Gasteiger partial charge in [-0.1, -0.05) is 13.8 Å². The maximum Gasteiger partial charge on any atom is 0.243 e. The van der Waals surface area contributed by atoms with Gasteiger partial charge in [-0.05, 0) is 35.5 Å². The lowest BCUT2D eigenvalue weighted by molar-refractivity contribution is 0.220. The minimum atomic E-state index is -3.53. The van der Waals surface area contributed by atoms with E-state index in [0.29, 0.717) is 6.54 Å². The molecule has 8 heteroatoms. The van der Waals surface area contributed by atoms with Crippen LogP contribution in [-0.2, 0) is 17.1 Å². The number of aromatic nitrogens is 2. The maximum atomic E-state index is 12.3. The van der Waals surface area contributed by atoms with Crippen molar-refractivity contribution < 1.29 is 8.42 Å². The number of hydrogen-bond donors (Lipinski definition) is 1. The quantitative estimate of drug-likeness (QED) is 0.795. The lowest BCUT2D eigenvalue weighted by Crippen LogP contribution is -2.37. The van der Waals surface area contributed by atoms with Crippen LogP contribution in [-0.4, -0.2) is 42.7 Å². The number of nitrogens with zero attached hydrogens (tertiary/aromatic N) is 3. The highest BCUT2D eigenvalue weighted by Gasteiger charge is 2.22. The number of nitrogens with one attached hydrogen (secondary N) is 1. The number of aryl methyl sites for hydroxylation is 1. The molecule has 0 saturated heterocycles. The number of sulfonamides is 1. The predicted octanol–water partition coefficient (Wildman–Crippen LogP) is 1.84. The molecule has 0 unspecified atom stereocenters. The van der Waals surface area contributed by atoms with Gasteiger partial charge in [0.2, 0.25) is 10.0 Å². The van der Waals surface area contributed by atoms with Gasteiger partial charge >= 0.3 is 0 Å². The minimum absolute atomic E-state index is 0.0349. The van der Waals surface area contributed by atoms with Crippen molar-refractivity contribution in [3.05, 3.63) is 34.8 Å². The highest BCUT2D eigenvalue weighted by Crippen LogP contribution is 2.22. The van der Waals surface area contributed by atoms with Crippen LogP contribution in [0.2, 0.25) is 0 Å². The molecule has 2 heterocycles. The molecule has 1 atom stereocenters. The fraction of sp³-hybridized carbons (Fsp3) is 0.500. The average molecular weight is 342 g/mol. The second-order valence-electron chi connectivity index (χ2n) is 5.00. The largest absolute Gasteiger partial charge is 0.296 e. The number of hydrogen-bond acceptors (Lipinski definition) is 5. The highest BCUT2D eigenvalue weighted by molar-refractivity contribution is 7.89. The van der Waals surface area contributed by atoms with Crippen molar-refractivity contribution in [1.82, 2.24) is 19.4 Å². The molecular formula is C14H22N4O2S2. The normalized spacial score (nSPS) is 13.6. The molecule has 1 N–H and O–H groups in total. The van der Waals surface area contributed by atoms with Gasteiger partial charge in [-0.15, -0.1) is 0 Å². The molecule has 2 aromatic heterocycles. The van der Waals surface area contributed by atoms with Gasteiger partial charge in [0.15, 0.2) is 0 Å². The minimum Gasteiger partial charge on any atom is -0.296 e.